The number of hydrogen-bond acceptors (Lipinski definition) is 6. The highest BCUT2D eigenvalue weighted by Gasteiger charge is 2.73. The fourth-order valence-electron chi connectivity index (χ4n) is 6.54. The number of benzene rings is 2. The van der Waals surface area contributed by atoms with Gasteiger partial charge in [0.1, 0.15) is 12.1 Å². The van der Waals surface area contributed by atoms with E-state index in [-0.39, 0.29) is 23.6 Å². The minimum atomic E-state index is -0.746. The van der Waals surface area contributed by atoms with E-state index in [9.17, 15) is 19.2 Å². The van der Waals surface area contributed by atoms with Crippen molar-refractivity contribution >= 4 is 23.6 Å². The van der Waals surface area contributed by atoms with Gasteiger partial charge in [-0.1, -0.05) is 60.7 Å². The number of rotatable bonds is 4. The molecule has 2 aromatic rings. The lowest BCUT2D eigenvalue weighted by atomic mass is 9.84. The molecular formula is C26H26N4O4. The number of hydrogen-bond donors (Lipinski definition) is 0. The molecule has 0 unspecified atom stereocenters. The summed E-state index contributed by atoms with van der Waals surface area (Å²) in [5.41, 5.74) is 1.73. The van der Waals surface area contributed by atoms with E-state index >= 15 is 0 Å². The number of hydrazine groups is 1. The van der Waals surface area contributed by atoms with Crippen LogP contribution in [0.5, 0.6) is 0 Å². The highest BCUT2D eigenvalue weighted by molar-refractivity contribution is 6.10. The topological polar surface area (TPSA) is 81.2 Å². The van der Waals surface area contributed by atoms with Gasteiger partial charge in [-0.25, -0.2) is 10.0 Å². The third-order valence-electron chi connectivity index (χ3n) is 7.82. The number of imide groups is 2. The van der Waals surface area contributed by atoms with Crippen molar-refractivity contribution in [3.05, 3.63) is 71.8 Å². The van der Waals surface area contributed by atoms with Gasteiger partial charge in [0.25, 0.3) is 0 Å². The molecule has 4 aliphatic heterocycles. The van der Waals surface area contributed by atoms with Gasteiger partial charge in [0, 0.05) is 13.1 Å². The molecule has 4 saturated heterocycles. The molecule has 6 rings (SSSR count). The van der Waals surface area contributed by atoms with E-state index in [1.54, 1.807) is 13.8 Å². The van der Waals surface area contributed by atoms with E-state index in [2.05, 4.69) is 0 Å². The number of nitrogens with zero attached hydrogens (tertiary/aromatic N) is 4. The van der Waals surface area contributed by atoms with E-state index in [0.717, 1.165) is 11.1 Å². The minimum absolute atomic E-state index is 0.215. The molecule has 0 spiro atoms. The molecule has 0 aromatic heterocycles. The van der Waals surface area contributed by atoms with E-state index in [1.165, 1.54) is 9.80 Å². The molecular weight excluding hydrogens is 432 g/mol. The molecule has 4 fully saturated rings. The summed E-state index contributed by atoms with van der Waals surface area (Å²) in [7, 11) is 0. The Bertz CT molecular complexity index is 1090. The summed E-state index contributed by atoms with van der Waals surface area (Å²) < 4.78 is 0. The highest BCUT2D eigenvalue weighted by Crippen LogP contribution is 2.58. The molecule has 0 N–H and O–H groups in total. The summed E-state index contributed by atoms with van der Waals surface area (Å²) in [5.74, 6) is -2.22. The zero-order valence-electron chi connectivity index (χ0n) is 19.1. The Kier molecular flexibility index (Phi) is 4.72. The molecule has 0 saturated carbocycles. The van der Waals surface area contributed by atoms with Crippen LogP contribution in [0, 0.1) is 11.8 Å². The minimum Gasteiger partial charge on any atom is -0.281 e. The second kappa shape index (κ2) is 7.58. The lowest BCUT2D eigenvalue weighted by Gasteiger charge is -2.35. The van der Waals surface area contributed by atoms with Gasteiger partial charge in [-0.2, -0.15) is 0 Å². The lowest BCUT2D eigenvalue weighted by molar-refractivity contribution is -0.152. The summed E-state index contributed by atoms with van der Waals surface area (Å²) in [4.78, 5) is 56.9. The standard InChI is InChI=1S/C26H26N4O4/c1-3-27-23(31)17-19(15-11-7-5-8-12-15)30-22-18(24(32)28(4-2)26(22)34)20(16-13-9-6-10-14-16)29(30)21(17)25(27)33/h5-14,17-22H,3-4H2,1-2H3/t17-,18+,19-,20+,21+,22-. The molecule has 8 heteroatoms. The molecule has 4 heterocycles. The molecule has 0 aliphatic carbocycles. The SMILES string of the molecule is CCN1C(=O)[C@H]2[C@@H](C1=O)N1[C@@H](c3ccccc3)[C@@H]3C(=O)N(CC)C(=O)[C@@H]3N1[C@@H]2c1ccccc1. The van der Waals surface area contributed by atoms with Crippen LogP contribution in [-0.4, -0.2) is 68.6 Å². The first-order chi connectivity index (χ1) is 16.5. The number of carbonyl (C=O) groups is 4. The first-order valence-corrected chi connectivity index (χ1v) is 11.9. The lowest BCUT2D eigenvalue weighted by Crippen LogP contribution is -2.49. The maximum atomic E-state index is 13.6. The van der Waals surface area contributed by atoms with Crippen LogP contribution in [0.2, 0.25) is 0 Å². The molecule has 4 amide bonds. The summed E-state index contributed by atoms with van der Waals surface area (Å²) in [6.45, 7) is 4.19. The quantitative estimate of drug-likeness (QED) is 0.650. The van der Waals surface area contributed by atoms with Crippen LogP contribution in [0.25, 0.3) is 0 Å². The van der Waals surface area contributed by atoms with Gasteiger partial charge in [0.05, 0.1) is 23.9 Å². The van der Waals surface area contributed by atoms with Gasteiger partial charge in [-0.15, -0.1) is 0 Å². The first kappa shape index (κ1) is 21.2. The van der Waals surface area contributed by atoms with E-state index in [4.69, 9.17) is 0 Å². The molecule has 8 nitrogen and oxygen atoms in total. The number of likely N-dealkylation sites (tertiary alicyclic amines) is 2. The Morgan fingerprint density at radius 3 is 1.21 bits per heavy atom. The molecule has 174 valence electrons. The van der Waals surface area contributed by atoms with Crippen LogP contribution in [0.15, 0.2) is 60.7 Å². The van der Waals surface area contributed by atoms with Crippen molar-refractivity contribution in [3.8, 4) is 0 Å². The van der Waals surface area contributed by atoms with Crippen LogP contribution < -0.4 is 0 Å². The summed E-state index contributed by atoms with van der Waals surface area (Å²) in [6.07, 6.45) is 0. The van der Waals surface area contributed by atoms with Crippen LogP contribution in [0.1, 0.15) is 37.1 Å². The van der Waals surface area contributed by atoms with Gasteiger partial charge in [-0.05, 0) is 25.0 Å². The van der Waals surface area contributed by atoms with Crippen molar-refractivity contribution in [2.75, 3.05) is 13.1 Å². The van der Waals surface area contributed by atoms with Crippen molar-refractivity contribution in [2.45, 2.75) is 38.0 Å². The van der Waals surface area contributed by atoms with E-state index in [0.29, 0.717) is 13.1 Å². The van der Waals surface area contributed by atoms with Crippen molar-refractivity contribution in [1.29, 1.82) is 0 Å². The maximum Gasteiger partial charge on any atom is 0.248 e. The predicted octanol–water partition coefficient (Wildman–Crippen LogP) is 1.76. The Morgan fingerprint density at radius 1 is 0.529 bits per heavy atom. The largest absolute Gasteiger partial charge is 0.281 e. The van der Waals surface area contributed by atoms with E-state index in [1.807, 2.05) is 70.7 Å². The molecule has 4 aliphatic rings. The van der Waals surface area contributed by atoms with Crippen molar-refractivity contribution in [2.24, 2.45) is 11.8 Å². The van der Waals surface area contributed by atoms with Gasteiger partial charge in [0.2, 0.25) is 23.6 Å². The second-order valence-electron chi connectivity index (χ2n) is 9.25. The zero-order valence-corrected chi connectivity index (χ0v) is 19.1. The summed E-state index contributed by atoms with van der Waals surface area (Å²) in [5, 5.41) is 3.82. The third kappa shape index (κ3) is 2.55. The Labute approximate surface area is 197 Å². The Morgan fingerprint density at radius 2 is 0.882 bits per heavy atom. The summed E-state index contributed by atoms with van der Waals surface area (Å²) >= 11 is 0. The monoisotopic (exact) mass is 458 g/mol. The molecule has 6 atom stereocenters. The zero-order chi connectivity index (χ0) is 23.7. The fraction of sp³-hybridized carbons (Fsp3) is 0.385. The van der Waals surface area contributed by atoms with Crippen LogP contribution in [0.4, 0.5) is 0 Å². The van der Waals surface area contributed by atoms with Gasteiger partial charge >= 0.3 is 0 Å². The number of fused-ring (bicyclic) bond motifs is 5. The van der Waals surface area contributed by atoms with Crippen molar-refractivity contribution < 1.29 is 19.2 Å². The molecule has 2 aromatic carbocycles. The number of carbonyl (C=O) groups excluding carboxylic acids is 4. The van der Waals surface area contributed by atoms with Gasteiger partial charge in [0.15, 0.2) is 0 Å². The molecule has 34 heavy (non-hydrogen) atoms. The van der Waals surface area contributed by atoms with Crippen molar-refractivity contribution in [1.82, 2.24) is 19.8 Å². The smallest absolute Gasteiger partial charge is 0.248 e. The van der Waals surface area contributed by atoms with Gasteiger partial charge in [-0.3, -0.25) is 29.0 Å². The number of likely N-dealkylation sites (N-methyl/N-ethyl adjacent to an activating group) is 2. The predicted molar refractivity (Wildman–Crippen MR) is 121 cm³/mol. The average Bonchev–Trinajstić information content (AvgIpc) is 3.51. The Hall–Kier alpha value is -3.36. The maximum absolute atomic E-state index is 13.6. The normalized spacial score (nSPS) is 33.1. The average molecular weight is 459 g/mol. The van der Waals surface area contributed by atoms with E-state index < -0.39 is 36.0 Å². The van der Waals surface area contributed by atoms with Crippen LogP contribution in [0.3, 0.4) is 0 Å². The van der Waals surface area contributed by atoms with Gasteiger partial charge < -0.3 is 0 Å². The second-order valence-corrected chi connectivity index (χ2v) is 9.25. The number of amides is 4. The fourth-order valence-corrected chi connectivity index (χ4v) is 6.54. The Balaban J connectivity index is 1.59. The van der Waals surface area contributed by atoms with Crippen molar-refractivity contribution in [3.63, 3.8) is 0 Å². The van der Waals surface area contributed by atoms with Crippen LogP contribution >= 0.6 is 0 Å². The molecule has 0 radical (unpaired) electrons. The highest BCUT2D eigenvalue weighted by atomic mass is 16.2. The first-order valence-electron chi connectivity index (χ1n) is 11.9. The summed E-state index contributed by atoms with van der Waals surface area (Å²) in [6, 6.07) is 16.6. The van der Waals surface area contributed by atoms with Crippen LogP contribution in [-0.2, 0) is 19.2 Å². The molecule has 0 bridgehead atoms. The third-order valence-corrected chi connectivity index (χ3v) is 7.82.